The average Bonchev–Trinajstić information content (AvgIpc) is 2.90. The van der Waals surface area contributed by atoms with E-state index in [0.717, 1.165) is 10.6 Å². The van der Waals surface area contributed by atoms with Crippen LogP contribution in [-0.2, 0) is 22.9 Å². The number of aromatic nitrogens is 1. The van der Waals surface area contributed by atoms with Crippen LogP contribution in [0.3, 0.4) is 0 Å². The largest absolute Gasteiger partial charge is 0.492 e. The van der Waals surface area contributed by atoms with Gasteiger partial charge in [-0.25, -0.2) is 22.5 Å². The van der Waals surface area contributed by atoms with Crippen LogP contribution >= 0.6 is 11.3 Å². The van der Waals surface area contributed by atoms with Crippen LogP contribution in [0, 0.1) is 12.7 Å². The molecule has 0 fully saturated rings. The van der Waals surface area contributed by atoms with Gasteiger partial charge in [-0.1, -0.05) is 0 Å². The minimum absolute atomic E-state index is 0.00252. The van der Waals surface area contributed by atoms with E-state index in [2.05, 4.69) is 9.71 Å². The second-order valence-corrected chi connectivity index (χ2v) is 8.32. The Morgan fingerprint density at radius 2 is 2.30 bits per heavy atom. The summed E-state index contributed by atoms with van der Waals surface area (Å²) in [6, 6.07) is 3.91. The zero-order valence-electron chi connectivity index (χ0n) is 12.6. The van der Waals surface area contributed by atoms with Crippen LogP contribution in [0.15, 0.2) is 23.7 Å². The highest BCUT2D eigenvalue weighted by Crippen LogP contribution is 2.25. The molecule has 0 bridgehead atoms. The molecule has 0 amide bonds. The fourth-order valence-corrected chi connectivity index (χ4v) is 4.71. The number of benzene rings is 1. The first-order valence-corrected chi connectivity index (χ1v) is 9.76. The minimum atomic E-state index is -3.43. The van der Waals surface area contributed by atoms with E-state index in [1.165, 1.54) is 23.5 Å². The predicted molar refractivity (Wildman–Crippen MR) is 86.9 cm³/mol. The fourth-order valence-electron chi connectivity index (χ4n) is 2.54. The normalized spacial score (nSPS) is 17.6. The van der Waals surface area contributed by atoms with E-state index >= 15 is 0 Å². The van der Waals surface area contributed by atoms with E-state index in [1.807, 2.05) is 6.92 Å². The second-order valence-electron chi connectivity index (χ2n) is 5.51. The van der Waals surface area contributed by atoms with Crippen molar-refractivity contribution in [2.75, 3.05) is 12.4 Å². The molecule has 5 nitrogen and oxygen atoms in total. The number of ether oxygens (including phenoxy) is 1. The van der Waals surface area contributed by atoms with Crippen molar-refractivity contribution in [3.8, 4) is 5.75 Å². The summed E-state index contributed by atoms with van der Waals surface area (Å²) in [7, 11) is -3.43. The van der Waals surface area contributed by atoms with Gasteiger partial charge in [0.2, 0.25) is 10.0 Å². The Labute approximate surface area is 138 Å². The standard InChI is InChI=1S/C15H17FN2O3S2/c1-10-15(22-9-17-10)4-5-23(19,20)18-13-7-11-6-12(16)2-3-14(11)21-8-13/h2-3,6,9,13,18H,4-5,7-8H2,1H3. The maximum Gasteiger partial charge on any atom is 0.212 e. The highest BCUT2D eigenvalue weighted by molar-refractivity contribution is 7.89. The lowest BCUT2D eigenvalue weighted by Gasteiger charge is -2.25. The maximum absolute atomic E-state index is 13.3. The third kappa shape index (κ3) is 4.07. The van der Waals surface area contributed by atoms with Crippen LogP contribution in [0.25, 0.3) is 0 Å². The molecule has 2 heterocycles. The van der Waals surface area contributed by atoms with Crippen molar-refractivity contribution in [3.63, 3.8) is 0 Å². The lowest BCUT2D eigenvalue weighted by atomic mass is 10.0. The predicted octanol–water partition coefficient (Wildman–Crippen LogP) is 2.06. The number of hydrogen-bond donors (Lipinski definition) is 1. The van der Waals surface area contributed by atoms with E-state index < -0.39 is 10.0 Å². The lowest BCUT2D eigenvalue weighted by molar-refractivity contribution is 0.253. The fraction of sp³-hybridized carbons (Fsp3) is 0.400. The topological polar surface area (TPSA) is 68.3 Å². The average molecular weight is 356 g/mol. The van der Waals surface area contributed by atoms with Gasteiger partial charge in [-0.15, -0.1) is 11.3 Å². The summed E-state index contributed by atoms with van der Waals surface area (Å²) in [5.74, 6) is 0.265. The quantitative estimate of drug-likeness (QED) is 0.890. The molecule has 1 aliphatic rings. The van der Waals surface area contributed by atoms with Crippen molar-refractivity contribution >= 4 is 21.4 Å². The molecular formula is C15H17FN2O3S2. The molecular weight excluding hydrogens is 339 g/mol. The molecule has 1 N–H and O–H groups in total. The number of hydrogen-bond acceptors (Lipinski definition) is 5. The van der Waals surface area contributed by atoms with Gasteiger partial charge in [0.05, 0.1) is 23.0 Å². The lowest BCUT2D eigenvalue weighted by Crippen LogP contribution is -2.43. The van der Waals surface area contributed by atoms with Crippen LogP contribution in [0.1, 0.15) is 16.1 Å². The Kier molecular flexibility index (Phi) is 4.65. The molecule has 0 aliphatic carbocycles. The molecule has 124 valence electrons. The van der Waals surface area contributed by atoms with E-state index in [-0.39, 0.29) is 24.2 Å². The van der Waals surface area contributed by atoms with Crippen LogP contribution in [-0.4, -0.2) is 31.8 Å². The van der Waals surface area contributed by atoms with Crippen LogP contribution in [0.2, 0.25) is 0 Å². The summed E-state index contributed by atoms with van der Waals surface area (Å²) in [6.45, 7) is 2.11. The summed E-state index contributed by atoms with van der Waals surface area (Å²) in [5, 5.41) is 0. The van der Waals surface area contributed by atoms with Gasteiger partial charge >= 0.3 is 0 Å². The maximum atomic E-state index is 13.3. The van der Waals surface area contributed by atoms with Gasteiger partial charge in [-0.05, 0) is 43.5 Å². The number of nitrogens with zero attached hydrogens (tertiary/aromatic N) is 1. The summed E-state index contributed by atoms with van der Waals surface area (Å²) in [6.07, 6.45) is 0.858. The molecule has 1 atom stereocenters. The number of rotatable bonds is 5. The Hall–Kier alpha value is -1.51. The molecule has 1 aromatic heterocycles. The molecule has 0 saturated carbocycles. The summed E-state index contributed by atoms with van der Waals surface area (Å²) in [5.41, 5.74) is 3.27. The highest BCUT2D eigenvalue weighted by atomic mass is 32.2. The van der Waals surface area contributed by atoms with Crippen molar-refractivity contribution in [3.05, 3.63) is 45.7 Å². The van der Waals surface area contributed by atoms with E-state index in [0.29, 0.717) is 24.2 Å². The van der Waals surface area contributed by atoms with E-state index in [4.69, 9.17) is 4.74 Å². The molecule has 1 unspecified atom stereocenters. The number of thiazole rings is 1. The van der Waals surface area contributed by atoms with Gasteiger partial charge in [-0.2, -0.15) is 0 Å². The number of nitrogens with one attached hydrogen (secondary N) is 1. The summed E-state index contributed by atoms with van der Waals surface area (Å²) < 4.78 is 45.9. The number of fused-ring (bicyclic) bond motifs is 1. The van der Waals surface area contributed by atoms with Gasteiger partial charge in [0, 0.05) is 4.88 Å². The van der Waals surface area contributed by atoms with Gasteiger partial charge in [0.1, 0.15) is 18.2 Å². The van der Waals surface area contributed by atoms with Crippen LogP contribution < -0.4 is 9.46 Å². The summed E-state index contributed by atoms with van der Waals surface area (Å²) in [4.78, 5) is 5.09. The first kappa shape index (κ1) is 16.4. The third-order valence-corrected chi connectivity index (χ3v) is 6.15. The Morgan fingerprint density at radius 1 is 1.48 bits per heavy atom. The smallest absolute Gasteiger partial charge is 0.212 e. The molecule has 8 heteroatoms. The Balaban J connectivity index is 1.61. The second kappa shape index (κ2) is 6.54. The highest BCUT2D eigenvalue weighted by Gasteiger charge is 2.24. The molecule has 0 radical (unpaired) electrons. The van der Waals surface area contributed by atoms with Crippen molar-refractivity contribution < 1.29 is 17.5 Å². The molecule has 1 aromatic carbocycles. The minimum Gasteiger partial charge on any atom is -0.492 e. The SMILES string of the molecule is Cc1ncsc1CCS(=O)(=O)NC1COc2ccc(F)cc2C1. The zero-order chi connectivity index (χ0) is 16.4. The molecule has 1 aliphatic heterocycles. The van der Waals surface area contributed by atoms with Gasteiger partial charge in [0.25, 0.3) is 0 Å². The first-order valence-electron chi connectivity index (χ1n) is 7.23. The van der Waals surface area contributed by atoms with Gasteiger partial charge < -0.3 is 4.74 Å². The van der Waals surface area contributed by atoms with Crippen LogP contribution in [0.5, 0.6) is 5.75 Å². The monoisotopic (exact) mass is 356 g/mol. The van der Waals surface area contributed by atoms with Crippen molar-refractivity contribution in [2.24, 2.45) is 0 Å². The van der Waals surface area contributed by atoms with E-state index in [9.17, 15) is 12.8 Å². The van der Waals surface area contributed by atoms with Crippen molar-refractivity contribution in [2.45, 2.75) is 25.8 Å². The van der Waals surface area contributed by atoms with Crippen molar-refractivity contribution in [1.82, 2.24) is 9.71 Å². The van der Waals surface area contributed by atoms with E-state index in [1.54, 1.807) is 11.6 Å². The van der Waals surface area contributed by atoms with Crippen molar-refractivity contribution in [1.29, 1.82) is 0 Å². The van der Waals surface area contributed by atoms with Gasteiger partial charge in [-0.3, -0.25) is 0 Å². The van der Waals surface area contributed by atoms with Gasteiger partial charge in [0.15, 0.2) is 0 Å². The number of halogens is 1. The molecule has 0 spiro atoms. The first-order chi connectivity index (χ1) is 10.9. The zero-order valence-corrected chi connectivity index (χ0v) is 14.2. The molecule has 23 heavy (non-hydrogen) atoms. The number of aryl methyl sites for hydroxylation is 2. The number of sulfonamides is 1. The Morgan fingerprint density at radius 3 is 3.04 bits per heavy atom. The molecule has 3 rings (SSSR count). The molecule has 0 saturated heterocycles. The summed E-state index contributed by atoms with van der Waals surface area (Å²) >= 11 is 1.46. The Bertz CT molecular complexity index is 805. The van der Waals surface area contributed by atoms with Crippen LogP contribution in [0.4, 0.5) is 4.39 Å². The third-order valence-electron chi connectivity index (χ3n) is 3.72. The molecule has 2 aromatic rings.